The van der Waals surface area contributed by atoms with Crippen molar-refractivity contribution in [3.05, 3.63) is 35.4 Å². The summed E-state index contributed by atoms with van der Waals surface area (Å²) >= 11 is 0. The number of hydrogen-bond donors (Lipinski definition) is 2. The molecule has 0 aliphatic carbocycles. The zero-order valence-electron chi connectivity index (χ0n) is 12.2. The Morgan fingerprint density at radius 3 is 2.65 bits per heavy atom. The van der Waals surface area contributed by atoms with Crippen molar-refractivity contribution in [2.45, 2.75) is 39.8 Å². The van der Waals surface area contributed by atoms with Crippen LogP contribution in [0.2, 0.25) is 0 Å². The van der Waals surface area contributed by atoms with Gasteiger partial charge in [0, 0.05) is 13.1 Å². The van der Waals surface area contributed by atoms with Gasteiger partial charge in [-0.2, -0.15) is 0 Å². The van der Waals surface area contributed by atoms with E-state index in [-0.39, 0.29) is 31.1 Å². The fourth-order valence-corrected chi connectivity index (χ4v) is 1.67. The summed E-state index contributed by atoms with van der Waals surface area (Å²) in [5.41, 5.74) is 2.19. The maximum absolute atomic E-state index is 11.5. The number of nitrogens with one attached hydrogen (secondary N) is 2. The van der Waals surface area contributed by atoms with E-state index in [0.29, 0.717) is 6.54 Å². The van der Waals surface area contributed by atoms with Crippen molar-refractivity contribution in [2.75, 3.05) is 6.54 Å². The number of hydrogen-bond acceptors (Lipinski definition) is 3. The summed E-state index contributed by atoms with van der Waals surface area (Å²) in [5.74, 6) is -0.306. The van der Waals surface area contributed by atoms with Crippen LogP contribution in [0.25, 0.3) is 0 Å². The van der Waals surface area contributed by atoms with Crippen molar-refractivity contribution in [3.8, 4) is 0 Å². The maximum atomic E-state index is 11.5. The number of carbonyl (C=O) groups excluding carboxylic acids is 2. The molecule has 5 heteroatoms. The van der Waals surface area contributed by atoms with E-state index in [2.05, 4.69) is 10.6 Å². The molecule has 0 fully saturated rings. The van der Waals surface area contributed by atoms with Crippen molar-refractivity contribution >= 4 is 12.0 Å². The molecule has 110 valence electrons. The third kappa shape index (κ3) is 6.78. The lowest BCUT2D eigenvalue weighted by molar-refractivity contribution is -0.147. The Kier molecular flexibility index (Phi) is 6.56. The van der Waals surface area contributed by atoms with Crippen molar-refractivity contribution in [2.24, 2.45) is 0 Å². The second-order valence-electron chi connectivity index (χ2n) is 4.89. The average molecular weight is 278 g/mol. The molecule has 1 aromatic rings. The average Bonchev–Trinajstić information content (AvgIpc) is 2.35. The van der Waals surface area contributed by atoms with Crippen LogP contribution in [-0.4, -0.2) is 24.6 Å². The first kappa shape index (κ1) is 16.0. The van der Waals surface area contributed by atoms with Gasteiger partial charge in [-0.05, 0) is 26.3 Å². The smallest absolute Gasteiger partial charge is 0.315 e. The van der Waals surface area contributed by atoms with Crippen molar-refractivity contribution in [1.29, 1.82) is 0 Å². The summed E-state index contributed by atoms with van der Waals surface area (Å²) < 4.78 is 4.96. The predicted molar refractivity (Wildman–Crippen MR) is 77.3 cm³/mol. The van der Waals surface area contributed by atoms with Crippen LogP contribution < -0.4 is 10.6 Å². The second kappa shape index (κ2) is 8.19. The summed E-state index contributed by atoms with van der Waals surface area (Å²) in [6, 6.07) is 7.63. The zero-order valence-corrected chi connectivity index (χ0v) is 12.2. The van der Waals surface area contributed by atoms with E-state index in [4.69, 9.17) is 4.74 Å². The molecule has 0 aliphatic heterocycles. The number of aryl methyl sites for hydroxylation is 1. The Morgan fingerprint density at radius 1 is 1.25 bits per heavy atom. The summed E-state index contributed by atoms with van der Waals surface area (Å²) in [6.45, 7) is 6.32. The van der Waals surface area contributed by atoms with Gasteiger partial charge in [-0.25, -0.2) is 4.79 Å². The van der Waals surface area contributed by atoms with Gasteiger partial charge in [-0.15, -0.1) is 0 Å². The molecule has 2 N–H and O–H groups in total. The molecule has 0 spiro atoms. The fraction of sp³-hybridized carbons (Fsp3) is 0.467. The first-order chi connectivity index (χ1) is 9.47. The molecular formula is C15H22N2O3. The van der Waals surface area contributed by atoms with Gasteiger partial charge in [0.15, 0.2) is 0 Å². The highest BCUT2D eigenvalue weighted by Gasteiger charge is 2.06. The predicted octanol–water partition coefficient (Wildman–Crippen LogP) is 2.14. The molecule has 20 heavy (non-hydrogen) atoms. The lowest BCUT2D eigenvalue weighted by Gasteiger charge is -2.09. The summed E-state index contributed by atoms with van der Waals surface area (Å²) in [5, 5.41) is 5.36. The summed E-state index contributed by atoms with van der Waals surface area (Å²) in [6.07, 6.45) is 0.0495. The normalized spacial score (nSPS) is 10.2. The number of esters is 1. The van der Waals surface area contributed by atoms with Gasteiger partial charge in [0.25, 0.3) is 0 Å². The minimum Gasteiger partial charge on any atom is -0.463 e. The second-order valence-corrected chi connectivity index (χ2v) is 4.89. The Labute approximate surface area is 119 Å². The molecule has 5 nitrogen and oxygen atoms in total. The van der Waals surface area contributed by atoms with Crippen LogP contribution in [0.3, 0.4) is 0 Å². The minimum absolute atomic E-state index is 0.127. The number of urea groups is 1. The van der Waals surface area contributed by atoms with Crippen LogP contribution in [0, 0.1) is 6.92 Å². The number of ether oxygens (including phenoxy) is 1. The zero-order chi connectivity index (χ0) is 15.0. The quantitative estimate of drug-likeness (QED) is 0.783. The fourth-order valence-electron chi connectivity index (χ4n) is 1.67. The van der Waals surface area contributed by atoms with Gasteiger partial charge in [-0.3, -0.25) is 4.79 Å². The number of carbonyl (C=O) groups is 2. The van der Waals surface area contributed by atoms with E-state index in [9.17, 15) is 9.59 Å². The molecule has 0 saturated carbocycles. The van der Waals surface area contributed by atoms with Gasteiger partial charge in [0.1, 0.15) is 0 Å². The highest BCUT2D eigenvalue weighted by Crippen LogP contribution is 2.02. The number of rotatable bonds is 6. The van der Waals surface area contributed by atoms with E-state index >= 15 is 0 Å². The molecule has 1 rings (SSSR count). The highest BCUT2D eigenvalue weighted by atomic mass is 16.5. The van der Waals surface area contributed by atoms with Crippen LogP contribution in [-0.2, 0) is 16.1 Å². The van der Waals surface area contributed by atoms with Crippen LogP contribution in [0.4, 0.5) is 4.79 Å². The molecule has 0 heterocycles. The van der Waals surface area contributed by atoms with Crippen molar-refractivity contribution in [3.63, 3.8) is 0 Å². The minimum atomic E-state index is -0.306. The third-order valence-corrected chi connectivity index (χ3v) is 2.52. The van der Waals surface area contributed by atoms with Crippen LogP contribution in [0.15, 0.2) is 24.3 Å². The molecule has 0 aromatic heterocycles. The Balaban J connectivity index is 2.19. The van der Waals surface area contributed by atoms with Crippen molar-refractivity contribution < 1.29 is 14.3 Å². The lowest BCUT2D eigenvalue weighted by atomic mass is 10.1. The number of amides is 2. The Bertz CT molecular complexity index is 458. The molecule has 0 bridgehead atoms. The standard InChI is InChI=1S/C15H22N2O3/c1-11(2)20-14(18)7-8-16-15(19)17-10-13-6-4-5-12(3)9-13/h4-6,9,11H,7-8,10H2,1-3H3,(H2,16,17,19). The molecule has 1 aromatic carbocycles. The summed E-state index contributed by atoms with van der Waals surface area (Å²) in [7, 11) is 0. The topological polar surface area (TPSA) is 67.4 Å². The van der Waals surface area contributed by atoms with E-state index in [1.54, 1.807) is 13.8 Å². The molecule has 0 saturated heterocycles. The molecule has 0 radical (unpaired) electrons. The highest BCUT2D eigenvalue weighted by molar-refractivity contribution is 5.75. The molecule has 2 amide bonds. The van der Waals surface area contributed by atoms with Crippen LogP contribution in [0.5, 0.6) is 0 Å². The first-order valence-electron chi connectivity index (χ1n) is 6.74. The summed E-state index contributed by atoms with van der Waals surface area (Å²) in [4.78, 5) is 22.8. The Hall–Kier alpha value is -2.04. The monoisotopic (exact) mass is 278 g/mol. The van der Waals surface area contributed by atoms with Crippen molar-refractivity contribution in [1.82, 2.24) is 10.6 Å². The molecular weight excluding hydrogens is 256 g/mol. The maximum Gasteiger partial charge on any atom is 0.315 e. The van der Waals surface area contributed by atoms with Crippen LogP contribution in [0.1, 0.15) is 31.4 Å². The van der Waals surface area contributed by atoms with Gasteiger partial charge < -0.3 is 15.4 Å². The van der Waals surface area contributed by atoms with E-state index in [1.807, 2.05) is 31.2 Å². The lowest BCUT2D eigenvalue weighted by Crippen LogP contribution is -2.36. The Morgan fingerprint density at radius 2 is 2.00 bits per heavy atom. The molecule has 0 atom stereocenters. The van der Waals surface area contributed by atoms with Gasteiger partial charge >= 0.3 is 12.0 Å². The molecule has 0 aliphatic rings. The largest absolute Gasteiger partial charge is 0.463 e. The number of benzene rings is 1. The van der Waals surface area contributed by atoms with E-state index in [0.717, 1.165) is 11.1 Å². The SMILES string of the molecule is Cc1cccc(CNC(=O)NCCC(=O)OC(C)C)c1. The third-order valence-electron chi connectivity index (χ3n) is 2.52. The molecule has 0 unspecified atom stereocenters. The van der Waals surface area contributed by atoms with Gasteiger partial charge in [-0.1, -0.05) is 29.8 Å². The van der Waals surface area contributed by atoms with Crippen LogP contribution >= 0.6 is 0 Å². The van der Waals surface area contributed by atoms with Gasteiger partial charge in [0.2, 0.25) is 0 Å². The first-order valence-corrected chi connectivity index (χ1v) is 6.74. The van der Waals surface area contributed by atoms with E-state index in [1.165, 1.54) is 0 Å². The van der Waals surface area contributed by atoms with Gasteiger partial charge in [0.05, 0.1) is 12.5 Å². The van der Waals surface area contributed by atoms with E-state index < -0.39 is 0 Å².